The van der Waals surface area contributed by atoms with Crippen LogP contribution in [0.3, 0.4) is 0 Å². The molecule has 0 bridgehead atoms. The maximum atomic E-state index is 12.1. The van der Waals surface area contributed by atoms with Crippen LogP contribution >= 0.6 is 0 Å². The average Bonchev–Trinajstić information content (AvgIpc) is 2.67. The summed E-state index contributed by atoms with van der Waals surface area (Å²) in [6, 6.07) is 9.62. The number of ether oxygens (including phenoxy) is 2. The van der Waals surface area contributed by atoms with Crippen LogP contribution in [0.5, 0.6) is 0 Å². The summed E-state index contributed by atoms with van der Waals surface area (Å²) in [6.07, 6.45) is 1.92. The molecule has 1 heterocycles. The zero-order valence-electron chi connectivity index (χ0n) is 14.9. The van der Waals surface area contributed by atoms with Crippen molar-refractivity contribution < 1.29 is 29.3 Å². The molecule has 0 spiro atoms. The van der Waals surface area contributed by atoms with Crippen LogP contribution in [0, 0.1) is 5.92 Å². The van der Waals surface area contributed by atoms with Gasteiger partial charge in [0.05, 0.1) is 6.61 Å². The first kappa shape index (κ1) is 20.2. The fraction of sp³-hybridized carbons (Fsp3) is 0.579. The Morgan fingerprint density at radius 1 is 1.19 bits per heavy atom. The van der Waals surface area contributed by atoms with Gasteiger partial charge in [0.1, 0.15) is 6.61 Å². The molecule has 1 aromatic rings. The quantitative estimate of drug-likeness (QED) is 0.652. The van der Waals surface area contributed by atoms with E-state index in [0.29, 0.717) is 32.2 Å². The largest absolute Gasteiger partial charge is 0.479 e. The van der Waals surface area contributed by atoms with Crippen LogP contribution in [0.4, 0.5) is 4.79 Å². The molecule has 144 valence electrons. The fourth-order valence-corrected chi connectivity index (χ4v) is 2.96. The third-order valence-electron chi connectivity index (χ3n) is 4.54. The summed E-state index contributed by atoms with van der Waals surface area (Å²) in [5.74, 6) is -0.738. The third kappa shape index (κ3) is 7.01. The molecule has 1 atom stereocenters. The maximum absolute atomic E-state index is 12.1. The lowest BCUT2D eigenvalue weighted by Crippen LogP contribution is -2.38. The second-order valence-electron chi connectivity index (χ2n) is 6.54. The van der Waals surface area contributed by atoms with Crippen molar-refractivity contribution in [2.24, 2.45) is 5.92 Å². The van der Waals surface area contributed by atoms with Crippen molar-refractivity contribution >= 4 is 12.1 Å². The molecule has 0 aliphatic carbocycles. The molecule has 1 saturated heterocycles. The Bertz CT molecular complexity index is 556. The molecule has 26 heavy (non-hydrogen) atoms. The summed E-state index contributed by atoms with van der Waals surface area (Å²) >= 11 is 0. The maximum Gasteiger partial charge on any atom is 0.410 e. The number of likely N-dealkylation sites (tertiary alicyclic amines) is 1. The van der Waals surface area contributed by atoms with Gasteiger partial charge in [-0.05, 0) is 37.2 Å². The minimum absolute atomic E-state index is 0.180. The van der Waals surface area contributed by atoms with E-state index in [2.05, 4.69) is 0 Å². The van der Waals surface area contributed by atoms with Gasteiger partial charge in [0, 0.05) is 19.7 Å². The minimum Gasteiger partial charge on any atom is -0.479 e. The number of aliphatic hydroxyl groups excluding tert-OH is 1. The van der Waals surface area contributed by atoms with Gasteiger partial charge in [0.2, 0.25) is 0 Å². The van der Waals surface area contributed by atoms with E-state index in [4.69, 9.17) is 19.7 Å². The monoisotopic (exact) mass is 365 g/mol. The number of hydrogen-bond donors (Lipinski definition) is 2. The van der Waals surface area contributed by atoms with Crippen LogP contribution in [-0.2, 0) is 20.9 Å². The van der Waals surface area contributed by atoms with Crippen LogP contribution in [0.2, 0.25) is 0 Å². The Labute approximate surface area is 153 Å². The number of carbonyl (C=O) groups excluding carboxylic acids is 1. The highest BCUT2D eigenvalue weighted by molar-refractivity contribution is 5.72. The molecule has 0 saturated carbocycles. The molecule has 1 fully saturated rings. The molecule has 2 N–H and O–H groups in total. The Morgan fingerprint density at radius 2 is 1.88 bits per heavy atom. The predicted octanol–water partition coefficient (Wildman–Crippen LogP) is 2.28. The van der Waals surface area contributed by atoms with E-state index in [0.717, 1.165) is 31.2 Å². The lowest BCUT2D eigenvalue weighted by Gasteiger charge is -2.31. The number of carboxylic acids is 1. The van der Waals surface area contributed by atoms with E-state index in [9.17, 15) is 9.59 Å². The van der Waals surface area contributed by atoms with Crippen molar-refractivity contribution in [1.82, 2.24) is 4.90 Å². The number of hydrogen-bond acceptors (Lipinski definition) is 5. The molecule has 7 nitrogen and oxygen atoms in total. The van der Waals surface area contributed by atoms with Gasteiger partial charge in [-0.1, -0.05) is 30.3 Å². The van der Waals surface area contributed by atoms with Crippen molar-refractivity contribution in [2.45, 2.75) is 38.4 Å². The van der Waals surface area contributed by atoms with Crippen molar-refractivity contribution in [3.63, 3.8) is 0 Å². The zero-order chi connectivity index (χ0) is 18.8. The Hall–Kier alpha value is -2.12. The topological polar surface area (TPSA) is 96.3 Å². The zero-order valence-corrected chi connectivity index (χ0v) is 14.9. The highest BCUT2D eigenvalue weighted by atomic mass is 16.6. The van der Waals surface area contributed by atoms with E-state index in [1.54, 1.807) is 4.90 Å². The van der Waals surface area contributed by atoms with Gasteiger partial charge in [-0.15, -0.1) is 0 Å². The highest BCUT2D eigenvalue weighted by Crippen LogP contribution is 2.22. The van der Waals surface area contributed by atoms with Crippen LogP contribution in [-0.4, -0.2) is 59.6 Å². The average molecular weight is 365 g/mol. The lowest BCUT2D eigenvalue weighted by atomic mass is 9.92. The van der Waals surface area contributed by atoms with Crippen molar-refractivity contribution in [3.05, 3.63) is 35.9 Å². The third-order valence-corrected chi connectivity index (χ3v) is 4.54. The number of carbonyl (C=O) groups is 2. The Balaban J connectivity index is 1.55. The van der Waals surface area contributed by atoms with E-state index >= 15 is 0 Å². The first-order chi connectivity index (χ1) is 12.6. The summed E-state index contributed by atoms with van der Waals surface area (Å²) < 4.78 is 10.5. The Kier molecular flexibility index (Phi) is 8.37. The van der Waals surface area contributed by atoms with Gasteiger partial charge in [-0.25, -0.2) is 9.59 Å². The number of aliphatic hydroxyl groups is 1. The molecular weight excluding hydrogens is 338 g/mol. The number of nitrogens with zero attached hydrogens (tertiary/aromatic N) is 1. The number of piperidine rings is 1. The van der Waals surface area contributed by atoms with E-state index in [1.807, 2.05) is 30.3 Å². The molecule has 1 amide bonds. The number of amides is 1. The molecule has 2 rings (SSSR count). The van der Waals surface area contributed by atoms with Gasteiger partial charge in [-0.2, -0.15) is 0 Å². The summed E-state index contributed by atoms with van der Waals surface area (Å²) in [5, 5.41) is 17.6. The molecule has 1 aromatic carbocycles. The van der Waals surface area contributed by atoms with Gasteiger partial charge in [-0.3, -0.25) is 0 Å². The molecule has 7 heteroatoms. The van der Waals surface area contributed by atoms with Crippen LogP contribution < -0.4 is 0 Å². The summed E-state index contributed by atoms with van der Waals surface area (Å²) in [4.78, 5) is 24.3. The first-order valence-electron chi connectivity index (χ1n) is 9.00. The lowest BCUT2D eigenvalue weighted by molar-refractivity contribution is -0.149. The second kappa shape index (κ2) is 10.8. The van der Waals surface area contributed by atoms with E-state index in [1.165, 1.54) is 0 Å². The van der Waals surface area contributed by atoms with Gasteiger partial charge in [0.15, 0.2) is 6.10 Å². The van der Waals surface area contributed by atoms with E-state index in [-0.39, 0.29) is 12.7 Å². The number of aliphatic carboxylic acids is 1. The van der Waals surface area contributed by atoms with Crippen LogP contribution in [0.1, 0.15) is 31.2 Å². The smallest absolute Gasteiger partial charge is 0.410 e. The number of benzene rings is 1. The number of rotatable bonds is 9. The number of carboxylic acid groups (broad SMARTS) is 1. The van der Waals surface area contributed by atoms with Gasteiger partial charge in [0.25, 0.3) is 0 Å². The summed E-state index contributed by atoms with van der Waals surface area (Å²) in [7, 11) is 0. The predicted molar refractivity (Wildman–Crippen MR) is 94.6 cm³/mol. The van der Waals surface area contributed by atoms with Gasteiger partial charge < -0.3 is 24.6 Å². The SMILES string of the molecule is O=C(O)[C@H](O)COCCCC1CCN(C(=O)OCc2ccccc2)CC1. The van der Waals surface area contributed by atoms with Crippen LogP contribution in [0.15, 0.2) is 30.3 Å². The Morgan fingerprint density at radius 3 is 2.54 bits per heavy atom. The molecule has 1 aliphatic rings. The molecule has 1 aliphatic heterocycles. The standard InChI is InChI=1S/C19H27NO6/c21-17(18(22)23)14-25-12-4-7-15-8-10-20(11-9-15)19(24)26-13-16-5-2-1-3-6-16/h1-3,5-6,15,17,21H,4,7-14H2,(H,22,23)/t17-/m1/s1. The second-order valence-corrected chi connectivity index (χ2v) is 6.54. The highest BCUT2D eigenvalue weighted by Gasteiger charge is 2.23. The summed E-state index contributed by atoms with van der Waals surface area (Å²) in [5.41, 5.74) is 0.976. The molecule has 0 aromatic heterocycles. The summed E-state index contributed by atoms with van der Waals surface area (Å²) in [6.45, 7) is 1.93. The molecule has 0 radical (unpaired) electrons. The van der Waals surface area contributed by atoms with E-state index < -0.39 is 12.1 Å². The normalized spacial score (nSPS) is 16.3. The molecular formula is C19H27NO6. The fourth-order valence-electron chi connectivity index (χ4n) is 2.96. The first-order valence-corrected chi connectivity index (χ1v) is 9.00. The van der Waals surface area contributed by atoms with Crippen molar-refractivity contribution in [1.29, 1.82) is 0 Å². The van der Waals surface area contributed by atoms with Gasteiger partial charge >= 0.3 is 12.1 Å². The minimum atomic E-state index is -1.46. The van der Waals surface area contributed by atoms with Crippen LogP contribution in [0.25, 0.3) is 0 Å². The van der Waals surface area contributed by atoms with Crippen molar-refractivity contribution in [2.75, 3.05) is 26.3 Å². The van der Waals surface area contributed by atoms with Crippen molar-refractivity contribution in [3.8, 4) is 0 Å². The molecule has 0 unspecified atom stereocenters.